The maximum atomic E-state index is 12.9. The number of allylic oxidation sites excluding steroid dienone is 2. The van der Waals surface area contributed by atoms with Crippen LogP contribution in [0.1, 0.15) is 36.0 Å². The van der Waals surface area contributed by atoms with Crippen LogP contribution in [-0.4, -0.2) is 37.0 Å². The normalized spacial score (nSPS) is 27.1. The van der Waals surface area contributed by atoms with Crippen molar-refractivity contribution in [2.24, 2.45) is 11.8 Å². The standard InChI is InChI=1S/C20H22N2O5/c23-18-14-5-1-2-6-15(14)19(24)22(18)17-10-12(20(25)26)7-8-16(17)21-11-13-4-3-9-27-13/h1-2,7-8,10,13-15,21H,3-6,9,11H2,(H,25,26)/p-1/t13-,14+,15+/m0/s1. The molecule has 2 aliphatic heterocycles. The molecule has 7 nitrogen and oxygen atoms in total. The molecule has 0 bridgehead atoms. The largest absolute Gasteiger partial charge is 0.545 e. The first-order valence-electron chi connectivity index (χ1n) is 9.30. The van der Waals surface area contributed by atoms with Crippen LogP contribution in [0.25, 0.3) is 0 Å². The Bertz CT molecular complexity index is 787. The number of benzene rings is 1. The van der Waals surface area contributed by atoms with E-state index in [9.17, 15) is 19.5 Å². The van der Waals surface area contributed by atoms with Gasteiger partial charge >= 0.3 is 0 Å². The van der Waals surface area contributed by atoms with Gasteiger partial charge in [0.25, 0.3) is 0 Å². The number of hydrogen-bond donors (Lipinski definition) is 1. The van der Waals surface area contributed by atoms with Crippen molar-refractivity contribution < 1.29 is 24.2 Å². The minimum atomic E-state index is -1.35. The van der Waals surface area contributed by atoms with Crippen molar-refractivity contribution in [1.29, 1.82) is 0 Å². The summed E-state index contributed by atoms with van der Waals surface area (Å²) >= 11 is 0. The summed E-state index contributed by atoms with van der Waals surface area (Å²) in [6, 6.07) is 4.33. The van der Waals surface area contributed by atoms with Crippen molar-refractivity contribution in [2.45, 2.75) is 31.8 Å². The molecule has 0 spiro atoms. The van der Waals surface area contributed by atoms with Crippen LogP contribution in [0.2, 0.25) is 0 Å². The van der Waals surface area contributed by atoms with Gasteiger partial charge in [-0.2, -0.15) is 0 Å². The summed E-state index contributed by atoms with van der Waals surface area (Å²) in [5.41, 5.74) is 0.754. The van der Waals surface area contributed by atoms with Gasteiger partial charge < -0.3 is 20.0 Å². The number of imide groups is 1. The zero-order valence-corrected chi connectivity index (χ0v) is 14.8. The van der Waals surface area contributed by atoms with Crippen molar-refractivity contribution in [2.75, 3.05) is 23.4 Å². The fourth-order valence-corrected chi connectivity index (χ4v) is 4.06. The van der Waals surface area contributed by atoms with E-state index in [2.05, 4.69) is 5.32 Å². The molecule has 1 N–H and O–H groups in total. The van der Waals surface area contributed by atoms with Crippen LogP contribution in [0.5, 0.6) is 0 Å². The van der Waals surface area contributed by atoms with Gasteiger partial charge in [0, 0.05) is 13.2 Å². The molecule has 142 valence electrons. The second kappa shape index (κ2) is 7.15. The molecule has 7 heteroatoms. The number of nitrogens with zero attached hydrogens (tertiary/aromatic N) is 1. The summed E-state index contributed by atoms with van der Waals surface area (Å²) in [5, 5.41) is 14.5. The van der Waals surface area contributed by atoms with E-state index >= 15 is 0 Å². The second-order valence-electron chi connectivity index (χ2n) is 7.20. The highest BCUT2D eigenvalue weighted by Gasteiger charge is 2.48. The number of hydrogen-bond acceptors (Lipinski definition) is 6. The molecule has 4 rings (SSSR count). The van der Waals surface area contributed by atoms with Gasteiger partial charge in [-0.25, -0.2) is 4.90 Å². The third kappa shape index (κ3) is 3.23. The number of aromatic carboxylic acids is 1. The van der Waals surface area contributed by atoms with Crippen LogP contribution in [0, 0.1) is 11.8 Å². The third-order valence-electron chi connectivity index (χ3n) is 5.53. The Morgan fingerprint density at radius 3 is 2.48 bits per heavy atom. The Labute approximate surface area is 157 Å². The molecule has 2 fully saturated rings. The summed E-state index contributed by atoms with van der Waals surface area (Å²) in [5.74, 6) is -2.64. The Morgan fingerprint density at radius 1 is 1.19 bits per heavy atom. The number of ether oxygens (including phenoxy) is 1. The minimum Gasteiger partial charge on any atom is -0.545 e. The Kier molecular flexibility index (Phi) is 4.70. The van der Waals surface area contributed by atoms with Crippen molar-refractivity contribution >= 4 is 29.2 Å². The molecule has 3 aliphatic rings. The van der Waals surface area contributed by atoms with Gasteiger partial charge in [-0.05, 0) is 43.4 Å². The van der Waals surface area contributed by atoms with Gasteiger partial charge in [0.1, 0.15) is 0 Å². The second-order valence-corrected chi connectivity index (χ2v) is 7.20. The third-order valence-corrected chi connectivity index (χ3v) is 5.53. The van der Waals surface area contributed by atoms with Gasteiger partial charge in [0.15, 0.2) is 0 Å². The van der Waals surface area contributed by atoms with E-state index in [1.807, 2.05) is 12.2 Å². The van der Waals surface area contributed by atoms with Crippen LogP contribution in [0.15, 0.2) is 30.4 Å². The number of carbonyl (C=O) groups is 3. The van der Waals surface area contributed by atoms with E-state index in [1.54, 1.807) is 6.07 Å². The number of carboxylic acid groups (broad SMARTS) is 1. The van der Waals surface area contributed by atoms with Crippen LogP contribution < -0.4 is 15.3 Å². The van der Waals surface area contributed by atoms with E-state index in [4.69, 9.17) is 4.74 Å². The van der Waals surface area contributed by atoms with Crippen molar-refractivity contribution in [3.05, 3.63) is 35.9 Å². The first-order chi connectivity index (χ1) is 13.1. The van der Waals surface area contributed by atoms with Crippen LogP contribution in [0.3, 0.4) is 0 Å². The summed E-state index contributed by atoms with van der Waals surface area (Å²) in [7, 11) is 0. The average molecular weight is 369 g/mol. The fourth-order valence-electron chi connectivity index (χ4n) is 4.06. The van der Waals surface area contributed by atoms with Crippen LogP contribution in [0.4, 0.5) is 11.4 Å². The van der Waals surface area contributed by atoms with E-state index in [0.717, 1.165) is 24.3 Å². The molecule has 0 aromatic heterocycles. The summed E-state index contributed by atoms with van der Waals surface area (Å²) in [6.07, 6.45) is 6.91. The molecule has 3 atom stereocenters. The summed E-state index contributed by atoms with van der Waals surface area (Å²) in [4.78, 5) is 38.3. The lowest BCUT2D eigenvalue weighted by molar-refractivity contribution is -0.255. The fraction of sp³-hybridized carbons (Fsp3) is 0.450. The van der Waals surface area contributed by atoms with Crippen molar-refractivity contribution in [3.8, 4) is 0 Å². The smallest absolute Gasteiger partial charge is 0.238 e. The Balaban J connectivity index is 1.66. The highest BCUT2D eigenvalue weighted by molar-refractivity contribution is 6.23. The van der Waals surface area contributed by atoms with Crippen molar-refractivity contribution in [3.63, 3.8) is 0 Å². The maximum absolute atomic E-state index is 12.9. The topological polar surface area (TPSA) is 98.8 Å². The van der Waals surface area contributed by atoms with E-state index in [1.165, 1.54) is 12.1 Å². The molecule has 2 amide bonds. The highest BCUT2D eigenvalue weighted by atomic mass is 16.5. The molecule has 0 saturated carbocycles. The highest BCUT2D eigenvalue weighted by Crippen LogP contribution is 2.40. The quantitative estimate of drug-likeness (QED) is 0.616. The van der Waals surface area contributed by atoms with Crippen LogP contribution in [-0.2, 0) is 14.3 Å². The predicted molar refractivity (Wildman–Crippen MR) is 96.1 cm³/mol. The monoisotopic (exact) mass is 369 g/mol. The van der Waals surface area contributed by atoms with Gasteiger partial charge in [0.2, 0.25) is 11.8 Å². The number of fused-ring (bicyclic) bond motifs is 1. The number of carboxylic acids is 1. The predicted octanol–water partition coefficient (Wildman–Crippen LogP) is 1.10. The number of carbonyl (C=O) groups excluding carboxylic acids is 3. The molecule has 1 aliphatic carbocycles. The molecule has 2 heterocycles. The number of rotatable bonds is 5. The molecule has 2 saturated heterocycles. The molecular formula is C20H21N2O5-. The zero-order valence-electron chi connectivity index (χ0n) is 14.8. The lowest BCUT2D eigenvalue weighted by atomic mass is 9.85. The first-order valence-corrected chi connectivity index (χ1v) is 9.30. The van der Waals surface area contributed by atoms with Gasteiger partial charge in [-0.15, -0.1) is 0 Å². The molecule has 0 unspecified atom stereocenters. The summed E-state index contributed by atoms with van der Waals surface area (Å²) in [6.45, 7) is 1.25. The van der Waals surface area contributed by atoms with E-state index in [-0.39, 0.29) is 41.0 Å². The Morgan fingerprint density at radius 2 is 1.89 bits per heavy atom. The Hall–Kier alpha value is -2.67. The zero-order chi connectivity index (χ0) is 19.0. The van der Waals surface area contributed by atoms with Crippen LogP contribution >= 0.6 is 0 Å². The molecule has 1 aromatic carbocycles. The van der Waals surface area contributed by atoms with E-state index in [0.29, 0.717) is 25.1 Å². The lowest BCUT2D eigenvalue weighted by Gasteiger charge is -2.22. The van der Waals surface area contributed by atoms with Crippen molar-refractivity contribution in [1.82, 2.24) is 0 Å². The number of anilines is 2. The molecular weight excluding hydrogens is 348 g/mol. The molecule has 0 radical (unpaired) electrons. The lowest BCUT2D eigenvalue weighted by Crippen LogP contribution is -2.33. The molecule has 1 aromatic rings. The summed E-state index contributed by atoms with van der Waals surface area (Å²) < 4.78 is 5.60. The average Bonchev–Trinajstić information content (AvgIpc) is 3.28. The minimum absolute atomic E-state index is 0.0652. The van der Waals surface area contributed by atoms with Gasteiger partial charge in [-0.3, -0.25) is 9.59 Å². The van der Waals surface area contributed by atoms with Gasteiger partial charge in [0.05, 0.1) is 35.3 Å². The molecule has 27 heavy (non-hydrogen) atoms. The number of amides is 2. The first kappa shape index (κ1) is 17.7. The SMILES string of the molecule is O=C([O-])c1ccc(NC[C@@H]2CCCO2)c(N2C(=O)[C@@H]3CC=CC[C@H]3C2=O)c1. The number of nitrogens with one attached hydrogen (secondary N) is 1. The maximum Gasteiger partial charge on any atom is 0.238 e. The van der Waals surface area contributed by atoms with Gasteiger partial charge in [-0.1, -0.05) is 18.2 Å². The van der Waals surface area contributed by atoms with E-state index < -0.39 is 5.97 Å².